The third-order valence-corrected chi connectivity index (χ3v) is 4.63. The molecule has 4 rings (SSSR count). The van der Waals surface area contributed by atoms with E-state index in [0.717, 1.165) is 28.5 Å². The molecule has 1 amide bonds. The number of carbonyl (C=O) groups is 1. The van der Waals surface area contributed by atoms with Crippen LogP contribution in [0.1, 0.15) is 10.5 Å². The summed E-state index contributed by atoms with van der Waals surface area (Å²) in [6, 6.07) is 9.84. The number of anilines is 1. The number of hydrogen-bond acceptors (Lipinski definition) is 4. The summed E-state index contributed by atoms with van der Waals surface area (Å²) >= 11 is 3.34. The summed E-state index contributed by atoms with van der Waals surface area (Å²) in [6.07, 6.45) is 3.48. The summed E-state index contributed by atoms with van der Waals surface area (Å²) in [4.78, 5) is 28.5. The van der Waals surface area contributed by atoms with E-state index >= 15 is 0 Å². The summed E-state index contributed by atoms with van der Waals surface area (Å²) in [7, 11) is 0. The standard InChI is InChI=1S/C17H16BrN5O/c18-13-10-19-17(20-11-13)23-7-5-22(6-8-23)16(24)15-9-12-3-1-2-4-14(12)21-15/h1-4,9-11,21H,5-8H2. The first-order valence-electron chi connectivity index (χ1n) is 7.80. The maximum Gasteiger partial charge on any atom is 0.270 e. The molecule has 6 nitrogen and oxygen atoms in total. The minimum absolute atomic E-state index is 0.0441. The number of carbonyl (C=O) groups excluding carboxylic acids is 1. The van der Waals surface area contributed by atoms with Crippen LogP contribution in [-0.2, 0) is 0 Å². The Labute approximate surface area is 147 Å². The first kappa shape index (κ1) is 15.1. The Morgan fingerprint density at radius 2 is 1.79 bits per heavy atom. The van der Waals surface area contributed by atoms with Crippen LogP contribution in [0.15, 0.2) is 47.2 Å². The molecule has 1 saturated heterocycles. The first-order valence-corrected chi connectivity index (χ1v) is 8.59. The highest BCUT2D eigenvalue weighted by atomic mass is 79.9. The zero-order chi connectivity index (χ0) is 16.5. The molecule has 1 aliphatic heterocycles. The minimum atomic E-state index is 0.0441. The fraction of sp³-hybridized carbons (Fsp3) is 0.235. The topological polar surface area (TPSA) is 65.1 Å². The summed E-state index contributed by atoms with van der Waals surface area (Å²) in [6.45, 7) is 2.78. The second kappa shape index (κ2) is 6.24. The van der Waals surface area contributed by atoms with E-state index in [1.807, 2.05) is 35.2 Å². The van der Waals surface area contributed by atoms with Gasteiger partial charge in [-0.1, -0.05) is 18.2 Å². The Morgan fingerprint density at radius 3 is 2.50 bits per heavy atom. The Morgan fingerprint density at radius 1 is 1.08 bits per heavy atom. The van der Waals surface area contributed by atoms with Gasteiger partial charge in [0, 0.05) is 49.5 Å². The number of aromatic amines is 1. The van der Waals surface area contributed by atoms with E-state index in [1.54, 1.807) is 12.4 Å². The number of para-hydroxylation sites is 1. The third-order valence-electron chi connectivity index (χ3n) is 4.22. The van der Waals surface area contributed by atoms with Crippen molar-refractivity contribution in [3.05, 3.63) is 52.9 Å². The average molecular weight is 386 g/mol. The molecule has 1 aliphatic rings. The number of fused-ring (bicyclic) bond motifs is 1. The monoisotopic (exact) mass is 385 g/mol. The van der Waals surface area contributed by atoms with Crippen LogP contribution in [0.3, 0.4) is 0 Å². The van der Waals surface area contributed by atoms with E-state index < -0.39 is 0 Å². The lowest BCUT2D eigenvalue weighted by Crippen LogP contribution is -2.49. The van der Waals surface area contributed by atoms with Gasteiger partial charge in [0.15, 0.2) is 0 Å². The lowest BCUT2D eigenvalue weighted by atomic mass is 10.2. The van der Waals surface area contributed by atoms with Crippen LogP contribution in [0.4, 0.5) is 5.95 Å². The molecule has 24 heavy (non-hydrogen) atoms. The Balaban J connectivity index is 1.45. The molecule has 1 fully saturated rings. The van der Waals surface area contributed by atoms with Crippen LogP contribution in [0.5, 0.6) is 0 Å². The van der Waals surface area contributed by atoms with Gasteiger partial charge in [-0.15, -0.1) is 0 Å². The second-order valence-corrected chi connectivity index (χ2v) is 6.67. The van der Waals surface area contributed by atoms with Gasteiger partial charge in [-0.3, -0.25) is 4.79 Å². The number of hydrogen-bond donors (Lipinski definition) is 1. The van der Waals surface area contributed by atoms with Crippen LogP contribution >= 0.6 is 15.9 Å². The van der Waals surface area contributed by atoms with Crippen molar-refractivity contribution in [3.63, 3.8) is 0 Å². The van der Waals surface area contributed by atoms with E-state index in [9.17, 15) is 4.79 Å². The molecular weight excluding hydrogens is 370 g/mol. The van der Waals surface area contributed by atoms with Gasteiger partial charge < -0.3 is 14.8 Å². The van der Waals surface area contributed by atoms with Gasteiger partial charge in [0.2, 0.25) is 5.95 Å². The highest BCUT2D eigenvalue weighted by Crippen LogP contribution is 2.18. The number of aromatic nitrogens is 3. The van der Waals surface area contributed by atoms with Crippen molar-refractivity contribution < 1.29 is 4.79 Å². The molecule has 0 saturated carbocycles. The van der Waals surface area contributed by atoms with Gasteiger partial charge in [-0.25, -0.2) is 9.97 Å². The van der Waals surface area contributed by atoms with E-state index in [4.69, 9.17) is 0 Å². The fourth-order valence-corrected chi connectivity index (χ4v) is 3.14. The molecule has 1 N–H and O–H groups in total. The molecule has 0 bridgehead atoms. The quantitative estimate of drug-likeness (QED) is 0.736. The van der Waals surface area contributed by atoms with E-state index in [-0.39, 0.29) is 5.91 Å². The predicted molar refractivity (Wildman–Crippen MR) is 96.1 cm³/mol. The number of rotatable bonds is 2. The molecular formula is C17H16BrN5O. The average Bonchev–Trinajstić information content (AvgIpc) is 3.06. The van der Waals surface area contributed by atoms with Crippen molar-refractivity contribution in [1.29, 1.82) is 0 Å². The summed E-state index contributed by atoms with van der Waals surface area (Å²) in [5.74, 6) is 0.749. The van der Waals surface area contributed by atoms with Crippen LogP contribution in [-0.4, -0.2) is 51.9 Å². The third kappa shape index (κ3) is 2.87. The highest BCUT2D eigenvalue weighted by molar-refractivity contribution is 9.10. The molecule has 3 aromatic rings. The molecule has 0 aliphatic carbocycles. The zero-order valence-corrected chi connectivity index (χ0v) is 14.5. The van der Waals surface area contributed by atoms with E-state index in [0.29, 0.717) is 24.7 Å². The largest absolute Gasteiger partial charge is 0.351 e. The van der Waals surface area contributed by atoms with Gasteiger partial charge in [0.1, 0.15) is 5.69 Å². The van der Waals surface area contributed by atoms with Crippen molar-refractivity contribution in [2.75, 3.05) is 31.1 Å². The normalized spacial score (nSPS) is 15.0. The maximum atomic E-state index is 12.7. The molecule has 1 aromatic carbocycles. The van der Waals surface area contributed by atoms with Gasteiger partial charge in [-0.05, 0) is 28.1 Å². The number of benzene rings is 1. The number of H-pyrrole nitrogens is 1. The fourth-order valence-electron chi connectivity index (χ4n) is 2.94. The maximum absolute atomic E-state index is 12.7. The minimum Gasteiger partial charge on any atom is -0.351 e. The summed E-state index contributed by atoms with van der Waals surface area (Å²) in [5, 5.41) is 1.06. The Bertz CT molecular complexity index is 835. The van der Waals surface area contributed by atoms with Crippen molar-refractivity contribution in [1.82, 2.24) is 19.9 Å². The van der Waals surface area contributed by atoms with Crippen LogP contribution in [0.2, 0.25) is 0 Å². The smallest absolute Gasteiger partial charge is 0.270 e. The molecule has 0 atom stereocenters. The molecule has 0 unspecified atom stereocenters. The van der Waals surface area contributed by atoms with Crippen molar-refractivity contribution in [3.8, 4) is 0 Å². The Hall–Kier alpha value is -2.41. The van der Waals surface area contributed by atoms with Crippen LogP contribution in [0.25, 0.3) is 10.9 Å². The first-order chi connectivity index (χ1) is 11.7. The van der Waals surface area contributed by atoms with E-state index in [2.05, 4.69) is 35.8 Å². The number of nitrogens with one attached hydrogen (secondary N) is 1. The van der Waals surface area contributed by atoms with Crippen molar-refractivity contribution >= 4 is 38.7 Å². The van der Waals surface area contributed by atoms with Crippen molar-refractivity contribution in [2.45, 2.75) is 0 Å². The lowest BCUT2D eigenvalue weighted by Gasteiger charge is -2.34. The van der Waals surface area contributed by atoms with Gasteiger partial charge >= 0.3 is 0 Å². The number of amides is 1. The molecule has 0 radical (unpaired) electrons. The molecule has 3 heterocycles. The number of piperazine rings is 1. The highest BCUT2D eigenvalue weighted by Gasteiger charge is 2.24. The predicted octanol–water partition coefficient (Wildman–Crippen LogP) is 2.68. The van der Waals surface area contributed by atoms with E-state index in [1.165, 1.54) is 0 Å². The SMILES string of the molecule is O=C(c1cc2ccccc2[nH]1)N1CCN(c2ncc(Br)cn2)CC1. The van der Waals surface area contributed by atoms with Crippen molar-refractivity contribution in [2.24, 2.45) is 0 Å². The number of nitrogens with zero attached hydrogens (tertiary/aromatic N) is 4. The van der Waals surface area contributed by atoms with Gasteiger partial charge in [-0.2, -0.15) is 0 Å². The molecule has 122 valence electrons. The lowest BCUT2D eigenvalue weighted by molar-refractivity contribution is 0.0741. The molecule has 2 aromatic heterocycles. The zero-order valence-electron chi connectivity index (χ0n) is 12.9. The van der Waals surface area contributed by atoms with Gasteiger partial charge in [0.05, 0.1) is 4.47 Å². The van der Waals surface area contributed by atoms with Crippen LogP contribution < -0.4 is 4.90 Å². The molecule has 7 heteroatoms. The molecule has 0 spiro atoms. The summed E-state index contributed by atoms with van der Waals surface area (Å²) in [5.41, 5.74) is 1.63. The second-order valence-electron chi connectivity index (χ2n) is 5.75. The number of halogens is 1. The van der Waals surface area contributed by atoms with Crippen LogP contribution in [0, 0.1) is 0 Å². The summed E-state index contributed by atoms with van der Waals surface area (Å²) < 4.78 is 0.860. The Kier molecular flexibility index (Phi) is 3.93. The van der Waals surface area contributed by atoms with Gasteiger partial charge in [0.25, 0.3) is 5.91 Å².